The molecule has 3 saturated heterocycles. The van der Waals surface area contributed by atoms with Gasteiger partial charge >= 0.3 is 0 Å². The second-order valence-electron chi connectivity index (χ2n) is 10.3. The average molecular weight is 522 g/mol. The molecule has 0 aromatic heterocycles. The number of aliphatic hydroxyl groups excluding tert-OH is 4. The quantitative estimate of drug-likeness (QED) is 0.153. The van der Waals surface area contributed by atoms with Crippen LogP contribution < -0.4 is 27.8 Å². The molecule has 15 atom stereocenters. The lowest BCUT2D eigenvalue weighted by molar-refractivity contribution is -0.372. The number of nitrogens with two attached hydrogens (primary N) is 3. The summed E-state index contributed by atoms with van der Waals surface area (Å²) in [7, 11) is 3.22. The van der Waals surface area contributed by atoms with Gasteiger partial charge in [-0.1, -0.05) is 0 Å². The van der Waals surface area contributed by atoms with Crippen LogP contribution >= 0.6 is 0 Å². The summed E-state index contributed by atoms with van der Waals surface area (Å²) in [5, 5.41) is 47.7. The number of rotatable bonds is 7. The van der Waals surface area contributed by atoms with Gasteiger partial charge in [-0.25, -0.2) is 0 Å². The largest absolute Gasteiger partial charge is 0.394 e. The van der Waals surface area contributed by atoms with Crippen molar-refractivity contribution in [3.05, 3.63) is 0 Å². The summed E-state index contributed by atoms with van der Waals surface area (Å²) >= 11 is 0. The maximum Gasteiger partial charge on any atom is 0.189 e. The Morgan fingerprint density at radius 1 is 0.778 bits per heavy atom. The molecule has 0 aromatic rings. The number of hydrogen-bond acceptors (Lipinski definition) is 14. The summed E-state index contributed by atoms with van der Waals surface area (Å²) in [6.45, 7) is -0.399. The summed E-state index contributed by atoms with van der Waals surface area (Å²) in [6, 6.07) is -2.17. The first-order valence-electron chi connectivity index (χ1n) is 12.7. The molecule has 0 bridgehead atoms. The van der Waals surface area contributed by atoms with Crippen molar-refractivity contribution in [3.63, 3.8) is 0 Å². The Morgan fingerprint density at radius 3 is 2.14 bits per heavy atom. The van der Waals surface area contributed by atoms with Crippen molar-refractivity contribution in [1.82, 2.24) is 10.6 Å². The van der Waals surface area contributed by atoms with Crippen molar-refractivity contribution >= 4 is 0 Å². The van der Waals surface area contributed by atoms with Crippen LogP contribution in [0.2, 0.25) is 0 Å². The highest BCUT2D eigenvalue weighted by atomic mass is 16.8. The number of ether oxygens (including phenoxy) is 5. The molecule has 4 rings (SSSR count). The van der Waals surface area contributed by atoms with E-state index in [0.717, 1.165) is 6.42 Å². The van der Waals surface area contributed by atoms with Gasteiger partial charge in [-0.2, -0.15) is 0 Å². The second kappa shape index (κ2) is 12.1. The van der Waals surface area contributed by atoms with E-state index in [9.17, 15) is 20.4 Å². The summed E-state index contributed by atoms with van der Waals surface area (Å²) in [5.74, 6) is 0. The Balaban J connectivity index is 1.41. The van der Waals surface area contributed by atoms with Gasteiger partial charge in [0.05, 0.1) is 36.9 Å². The van der Waals surface area contributed by atoms with Crippen molar-refractivity contribution in [1.29, 1.82) is 0 Å². The van der Waals surface area contributed by atoms with E-state index in [4.69, 9.17) is 40.9 Å². The molecule has 8 unspecified atom stereocenters. The van der Waals surface area contributed by atoms with Crippen LogP contribution in [0.4, 0.5) is 0 Å². The van der Waals surface area contributed by atoms with Crippen LogP contribution in [0.25, 0.3) is 0 Å². The van der Waals surface area contributed by atoms with E-state index in [0.29, 0.717) is 19.3 Å². The van der Waals surface area contributed by atoms with Crippen molar-refractivity contribution < 1.29 is 44.1 Å². The molecule has 3 aliphatic heterocycles. The monoisotopic (exact) mass is 521 g/mol. The van der Waals surface area contributed by atoms with E-state index in [2.05, 4.69) is 10.6 Å². The molecule has 3 heterocycles. The van der Waals surface area contributed by atoms with Gasteiger partial charge in [-0.3, -0.25) is 0 Å². The SMILES string of the molecule is CNC1C(O[C@H]2OC(CO)[C@@H](NC)[C@H](O)C2O)O[C@H]2CC(N)[C@@H](O[C@H]3CC[C@H](N)CC3N)OC2C1O. The Morgan fingerprint density at radius 2 is 1.50 bits per heavy atom. The standard InChI is InChI=1S/C22H43N5O9/c1-26-14-13(7-28)34-22(18(31)16(14)29)36-21-15(27-2)17(30)19-12(33-21)6-10(25)20(35-19)32-11-4-3-8(23)5-9(11)24/h8-22,26-31H,3-7,23-25H2,1-2H3/t8-,9?,10?,11-,12-,13?,14+,15?,16-,17?,18?,19?,20-,21?,22+/m0/s1. The first kappa shape index (κ1) is 28.4. The highest BCUT2D eigenvalue weighted by Crippen LogP contribution is 2.35. The number of hydrogen-bond donors (Lipinski definition) is 9. The van der Waals surface area contributed by atoms with E-state index in [-0.39, 0.29) is 18.2 Å². The molecule has 12 N–H and O–H groups in total. The summed E-state index contributed by atoms with van der Waals surface area (Å²) in [4.78, 5) is 0. The fourth-order valence-electron chi connectivity index (χ4n) is 5.71. The van der Waals surface area contributed by atoms with E-state index in [1.165, 1.54) is 0 Å². The molecule has 0 spiro atoms. The minimum Gasteiger partial charge on any atom is -0.394 e. The molecule has 1 aliphatic carbocycles. The number of fused-ring (bicyclic) bond motifs is 1. The lowest BCUT2D eigenvalue weighted by Crippen LogP contribution is -2.69. The van der Waals surface area contributed by atoms with Crippen LogP contribution in [-0.4, -0.2) is 133 Å². The molecule has 36 heavy (non-hydrogen) atoms. The fraction of sp³-hybridized carbons (Fsp3) is 1.00. The highest BCUT2D eigenvalue weighted by Gasteiger charge is 2.53. The molecule has 0 radical (unpaired) electrons. The van der Waals surface area contributed by atoms with Crippen LogP contribution in [0.1, 0.15) is 25.7 Å². The Kier molecular flexibility index (Phi) is 9.55. The van der Waals surface area contributed by atoms with Crippen LogP contribution in [0.3, 0.4) is 0 Å². The fourth-order valence-corrected chi connectivity index (χ4v) is 5.71. The van der Waals surface area contributed by atoms with Gasteiger partial charge in [0.2, 0.25) is 0 Å². The van der Waals surface area contributed by atoms with Crippen molar-refractivity contribution in [2.45, 2.75) is 117 Å². The average Bonchev–Trinajstić information content (AvgIpc) is 2.84. The molecule has 1 saturated carbocycles. The molecule has 0 aromatic carbocycles. The first-order chi connectivity index (χ1) is 17.2. The summed E-state index contributed by atoms with van der Waals surface area (Å²) in [5.41, 5.74) is 18.6. The molecule has 4 fully saturated rings. The number of aliphatic hydroxyl groups is 4. The lowest BCUT2D eigenvalue weighted by Gasteiger charge is -2.51. The van der Waals surface area contributed by atoms with Gasteiger partial charge in [-0.15, -0.1) is 0 Å². The minimum absolute atomic E-state index is 0.0524. The number of nitrogens with one attached hydrogen (secondary N) is 2. The van der Waals surface area contributed by atoms with Gasteiger partial charge in [0.1, 0.15) is 30.5 Å². The predicted molar refractivity (Wildman–Crippen MR) is 125 cm³/mol. The van der Waals surface area contributed by atoms with Crippen LogP contribution in [0, 0.1) is 0 Å². The Labute approximate surface area is 210 Å². The topological polar surface area (TPSA) is 229 Å². The molecule has 14 nitrogen and oxygen atoms in total. The molecule has 0 amide bonds. The van der Waals surface area contributed by atoms with Gasteiger partial charge in [0.15, 0.2) is 18.9 Å². The maximum atomic E-state index is 11.2. The molecule has 210 valence electrons. The smallest absolute Gasteiger partial charge is 0.189 e. The summed E-state index contributed by atoms with van der Waals surface area (Å²) < 4.78 is 29.9. The second-order valence-corrected chi connectivity index (χ2v) is 10.3. The van der Waals surface area contributed by atoms with Crippen molar-refractivity contribution in [2.24, 2.45) is 17.2 Å². The molecule has 4 aliphatic rings. The maximum absolute atomic E-state index is 11.2. The molecular weight excluding hydrogens is 478 g/mol. The minimum atomic E-state index is -1.42. The third kappa shape index (κ3) is 5.72. The zero-order valence-corrected chi connectivity index (χ0v) is 20.8. The Bertz CT molecular complexity index is 709. The van der Waals surface area contributed by atoms with Crippen LogP contribution in [0.15, 0.2) is 0 Å². The van der Waals surface area contributed by atoms with Gasteiger partial charge in [0, 0.05) is 12.1 Å². The van der Waals surface area contributed by atoms with Crippen molar-refractivity contribution in [3.8, 4) is 0 Å². The van der Waals surface area contributed by atoms with Crippen LogP contribution in [-0.2, 0) is 23.7 Å². The van der Waals surface area contributed by atoms with E-state index < -0.39 is 80.2 Å². The van der Waals surface area contributed by atoms with E-state index in [1.54, 1.807) is 14.1 Å². The van der Waals surface area contributed by atoms with Gasteiger partial charge in [0.25, 0.3) is 0 Å². The van der Waals surface area contributed by atoms with E-state index in [1.807, 2.05) is 0 Å². The highest BCUT2D eigenvalue weighted by molar-refractivity contribution is 5.00. The summed E-state index contributed by atoms with van der Waals surface area (Å²) in [6.07, 6.45) is -6.86. The van der Waals surface area contributed by atoms with Gasteiger partial charge < -0.3 is 71.9 Å². The van der Waals surface area contributed by atoms with E-state index >= 15 is 0 Å². The van der Waals surface area contributed by atoms with Crippen molar-refractivity contribution in [2.75, 3.05) is 20.7 Å². The third-order valence-corrected chi connectivity index (χ3v) is 7.82. The first-order valence-corrected chi connectivity index (χ1v) is 12.7. The normalized spacial score (nSPS) is 52.1. The van der Waals surface area contributed by atoms with Gasteiger partial charge in [-0.05, 0) is 39.8 Å². The lowest BCUT2D eigenvalue weighted by atomic mass is 9.88. The molecule has 14 heteroatoms. The number of likely N-dealkylation sites (N-methyl/N-ethyl adjacent to an activating group) is 2. The zero-order valence-electron chi connectivity index (χ0n) is 20.8. The Hall–Kier alpha value is -0.560. The molecular formula is C22H43N5O9. The third-order valence-electron chi connectivity index (χ3n) is 7.82. The zero-order chi connectivity index (χ0) is 26.1. The van der Waals surface area contributed by atoms with Crippen LogP contribution in [0.5, 0.6) is 0 Å². The predicted octanol–water partition coefficient (Wildman–Crippen LogP) is -4.63.